The lowest BCUT2D eigenvalue weighted by molar-refractivity contribution is 0.107. The van der Waals surface area contributed by atoms with Crippen LogP contribution in [0.25, 0.3) is 11.0 Å². The largest absolute Gasteiger partial charge is 0.465 e. The second-order valence-corrected chi connectivity index (χ2v) is 10.5. The molecule has 0 saturated carbocycles. The number of ether oxygens (including phenoxy) is 1. The van der Waals surface area contributed by atoms with Crippen molar-refractivity contribution in [2.45, 2.75) is 56.1 Å². The highest BCUT2D eigenvalue weighted by atomic mass is 79.9. The summed E-state index contributed by atoms with van der Waals surface area (Å²) in [7, 11) is 0. The fourth-order valence-electron chi connectivity index (χ4n) is 6.29. The third-order valence-electron chi connectivity index (χ3n) is 7.75. The van der Waals surface area contributed by atoms with E-state index in [-0.39, 0.29) is 17.6 Å². The number of hydrogen-bond donors (Lipinski definition) is 1. The Kier molecular flexibility index (Phi) is 4.90. The van der Waals surface area contributed by atoms with Crippen molar-refractivity contribution in [1.29, 1.82) is 0 Å². The van der Waals surface area contributed by atoms with Gasteiger partial charge in [-0.1, -0.05) is 0 Å². The van der Waals surface area contributed by atoms with Crippen LogP contribution in [0.4, 0.5) is 10.6 Å². The van der Waals surface area contributed by atoms with Crippen molar-refractivity contribution >= 4 is 38.9 Å². The van der Waals surface area contributed by atoms with E-state index >= 15 is 0 Å². The SMILES string of the molecule is O=C(O)N1[C@@H]2CC[C@H]1CN(c1nc(OCC34CCCN3CCC4)nc3cc(Br)cnc13)C2. The summed E-state index contributed by atoms with van der Waals surface area (Å²) in [5, 5.41) is 9.61. The summed E-state index contributed by atoms with van der Waals surface area (Å²) < 4.78 is 7.12. The molecule has 1 amide bonds. The van der Waals surface area contributed by atoms with Crippen LogP contribution in [-0.4, -0.2) is 86.4 Å². The van der Waals surface area contributed by atoms with Crippen LogP contribution in [0.5, 0.6) is 6.01 Å². The lowest BCUT2D eigenvalue weighted by Gasteiger charge is -2.40. The zero-order valence-electron chi connectivity index (χ0n) is 17.9. The molecule has 10 heteroatoms. The summed E-state index contributed by atoms with van der Waals surface area (Å²) in [5.74, 6) is 0.742. The second kappa shape index (κ2) is 7.69. The summed E-state index contributed by atoms with van der Waals surface area (Å²) >= 11 is 3.50. The molecule has 4 fully saturated rings. The number of piperazine rings is 1. The topological polar surface area (TPSA) is 94.9 Å². The van der Waals surface area contributed by atoms with Gasteiger partial charge >= 0.3 is 12.1 Å². The molecular weight excluding hydrogens is 476 g/mol. The van der Waals surface area contributed by atoms with Crippen LogP contribution in [0.3, 0.4) is 0 Å². The quantitative estimate of drug-likeness (QED) is 0.681. The number of anilines is 1. The van der Waals surface area contributed by atoms with E-state index in [2.05, 4.69) is 35.7 Å². The van der Waals surface area contributed by atoms with E-state index in [9.17, 15) is 9.90 Å². The van der Waals surface area contributed by atoms with Gasteiger partial charge in [0.25, 0.3) is 0 Å². The summed E-state index contributed by atoms with van der Waals surface area (Å²) in [4.78, 5) is 32.2. The molecule has 0 aliphatic carbocycles. The summed E-state index contributed by atoms with van der Waals surface area (Å²) in [6.45, 7) is 4.15. The first-order valence-corrected chi connectivity index (χ1v) is 12.3. The van der Waals surface area contributed by atoms with E-state index < -0.39 is 6.09 Å². The van der Waals surface area contributed by atoms with Crippen molar-refractivity contribution in [3.63, 3.8) is 0 Å². The zero-order valence-corrected chi connectivity index (χ0v) is 19.5. The van der Waals surface area contributed by atoms with Gasteiger partial charge in [-0.25, -0.2) is 9.78 Å². The minimum Gasteiger partial charge on any atom is -0.465 e. The molecule has 0 radical (unpaired) electrons. The Bertz CT molecular complexity index is 1040. The lowest BCUT2D eigenvalue weighted by atomic mass is 9.95. The number of rotatable bonds is 4. The summed E-state index contributed by atoms with van der Waals surface area (Å²) in [6, 6.07) is 2.30. The molecule has 0 spiro atoms. The van der Waals surface area contributed by atoms with Gasteiger partial charge in [-0.3, -0.25) is 9.80 Å². The monoisotopic (exact) mass is 502 g/mol. The maximum absolute atomic E-state index is 11.7. The normalized spacial score (nSPS) is 26.7. The number of pyridine rings is 1. The van der Waals surface area contributed by atoms with Crippen molar-refractivity contribution in [2.75, 3.05) is 37.7 Å². The van der Waals surface area contributed by atoms with E-state index in [4.69, 9.17) is 9.72 Å². The van der Waals surface area contributed by atoms with Crippen LogP contribution in [-0.2, 0) is 0 Å². The molecule has 0 unspecified atom stereocenters. The minimum absolute atomic E-state index is 0.0134. The number of carbonyl (C=O) groups is 1. The average molecular weight is 503 g/mol. The van der Waals surface area contributed by atoms with Crippen LogP contribution in [0.1, 0.15) is 38.5 Å². The molecule has 6 heterocycles. The van der Waals surface area contributed by atoms with Crippen LogP contribution in [0.15, 0.2) is 16.7 Å². The number of aromatic nitrogens is 3. The Morgan fingerprint density at radius 2 is 1.91 bits per heavy atom. The highest BCUT2D eigenvalue weighted by Crippen LogP contribution is 2.39. The van der Waals surface area contributed by atoms with Crippen molar-refractivity contribution in [3.8, 4) is 6.01 Å². The molecule has 2 atom stereocenters. The van der Waals surface area contributed by atoms with Crippen LogP contribution < -0.4 is 9.64 Å². The lowest BCUT2D eigenvalue weighted by Crippen LogP contribution is -2.55. The Morgan fingerprint density at radius 1 is 1.19 bits per heavy atom. The molecule has 170 valence electrons. The number of carboxylic acid groups (broad SMARTS) is 1. The van der Waals surface area contributed by atoms with E-state index in [1.807, 2.05) is 6.07 Å². The smallest absolute Gasteiger partial charge is 0.407 e. The Balaban J connectivity index is 1.32. The molecule has 6 rings (SSSR count). The van der Waals surface area contributed by atoms with E-state index in [0.29, 0.717) is 25.7 Å². The number of nitrogens with zero attached hydrogens (tertiary/aromatic N) is 6. The van der Waals surface area contributed by atoms with Crippen LogP contribution in [0, 0.1) is 0 Å². The molecule has 9 nitrogen and oxygen atoms in total. The predicted octanol–water partition coefficient (Wildman–Crippen LogP) is 3.13. The molecule has 32 heavy (non-hydrogen) atoms. The van der Waals surface area contributed by atoms with Crippen molar-refractivity contribution < 1.29 is 14.6 Å². The standard InChI is InChI=1S/C22H27BrN6O3/c23-14-9-17-18(24-10-14)19(27-11-15-3-4-16(12-27)29(15)21(30)31)26-20(25-17)32-13-22-5-1-7-28(22)8-2-6-22/h9-10,15-16H,1-8,11-13H2,(H,30,31)/t15-,16+. The molecule has 2 aromatic rings. The number of hydrogen-bond acceptors (Lipinski definition) is 7. The van der Waals surface area contributed by atoms with Crippen LogP contribution >= 0.6 is 15.9 Å². The van der Waals surface area contributed by atoms with Crippen molar-refractivity contribution in [2.24, 2.45) is 0 Å². The summed E-state index contributed by atoms with van der Waals surface area (Å²) in [6.07, 6.45) is 7.48. The van der Waals surface area contributed by atoms with Crippen LogP contribution in [0.2, 0.25) is 0 Å². The average Bonchev–Trinajstić information content (AvgIpc) is 3.42. The van der Waals surface area contributed by atoms with Crippen molar-refractivity contribution in [3.05, 3.63) is 16.7 Å². The van der Waals surface area contributed by atoms with Gasteiger partial charge in [0.2, 0.25) is 0 Å². The van der Waals surface area contributed by atoms with Gasteiger partial charge in [-0.2, -0.15) is 9.97 Å². The highest BCUT2D eigenvalue weighted by molar-refractivity contribution is 9.10. The number of amides is 1. The molecule has 0 aromatic carbocycles. The predicted molar refractivity (Wildman–Crippen MR) is 122 cm³/mol. The first kappa shape index (κ1) is 20.4. The Labute approximate surface area is 194 Å². The van der Waals surface area contributed by atoms with Crippen molar-refractivity contribution in [1.82, 2.24) is 24.8 Å². The van der Waals surface area contributed by atoms with Gasteiger partial charge in [0.05, 0.1) is 23.1 Å². The fraction of sp³-hybridized carbons (Fsp3) is 0.636. The van der Waals surface area contributed by atoms with E-state index in [1.54, 1.807) is 11.1 Å². The molecule has 4 aliphatic heterocycles. The van der Waals surface area contributed by atoms with Gasteiger partial charge in [0.1, 0.15) is 12.1 Å². The maximum atomic E-state index is 11.7. The second-order valence-electron chi connectivity index (χ2n) is 9.54. The molecular formula is C22H27BrN6O3. The molecule has 4 aliphatic rings. The van der Waals surface area contributed by atoms with Gasteiger partial charge in [0, 0.05) is 23.8 Å². The van der Waals surface area contributed by atoms with Gasteiger partial charge < -0.3 is 14.7 Å². The summed E-state index contributed by atoms with van der Waals surface area (Å²) in [5.41, 5.74) is 1.59. The van der Waals surface area contributed by atoms with Gasteiger partial charge in [0.15, 0.2) is 5.82 Å². The third-order valence-corrected chi connectivity index (χ3v) is 8.18. The first-order valence-electron chi connectivity index (χ1n) is 11.5. The Morgan fingerprint density at radius 3 is 2.59 bits per heavy atom. The minimum atomic E-state index is -0.826. The Hall–Kier alpha value is -2.20. The molecule has 2 aromatic heterocycles. The molecule has 2 bridgehead atoms. The van der Waals surface area contributed by atoms with E-state index in [1.165, 1.54) is 25.7 Å². The molecule has 1 N–H and O–H groups in total. The van der Waals surface area contributed by atoms with E-state index in [0.717, 1.165) is 47.3 Å². The third kappa shape index (κ3) is 3.30. The zero-order chi connectivity index (χ0) is 21.9. The highest BCUT2D eigenvalue weighted by Gasteiger charge is 2.46. The number of fused-ring (bicyclic) bond motifs is 4. The maximum Gasteiger partial charge on any atom is 0.407 e. The van der Waals surface area contributed by atoms with Gasteiger partial charge in [-0.15, -0.1) is 0 Å². The molecule has 4 saturated heterocycles. The van der Waals surface area contributed by atoms with Gasteiger partial charge in [-0.05, 0) is 73.6 Å². The number of halogens is 1. The first-order chi connectivity index (χ1) is 15.5. The fourth-order valence-corrected chi connectivity index (χ4v) is 6.61.